The summed E-state index contributed by atoms with van der Waals surface area (Å²) in [5, 5.41) is 9.27. The van der Waals surface area contributed by atoms with Gasteiger partial charge in [0.1, 0.15) is 5.76 Å². The summed E-state index contributed by atoms with van der Waals surface area (Å²) in [6.45, 7) is 6.26. The van der Waals surface area contributed by atoms with E-state index in [1.165, 1.54) is 6.42 Å². The van der Waals surface area contributed by atoms with Crippen molar-refractivity contribution in [2.75, 3.05) is 6.54 Å². The van der Waals surface area contributed by atoms with Gasteiger partial charge < -0.3 is 10.8 Å². The van der Waals surface area contributed by atoms with Gasteiger partial charge in [-0.05, 0) is 31.6 Å². The van der Waals surface area contributed by atoms with Gasteiger partial charge in [-0.3, -0.25) is 4.99 Å². The van der Waals surface area contributed by atoms with E-state index < -0.39 is 0 Å². The van der Waals surface area contributed by atoms with E-state index in [2.05, 4.69) is 11.6 Å². The number of aliphatic hydroxyl groups excluding tert-OH is 1. The SMILES string of the molecule is C=C(O)/C(N)=C1/C(=NCC)CC2CC12. The molecule has 0 aromatic rings. The molecule has 3 nitrogen and oxygen atoms in total. The van der Waals surface area contributed by atoms with Crippen LogP contribution >= 0.6 is 0 Å². The van der Waals surface area contributed by atoms with Crippen molar-refractivity contribution in [2.45, 2.75) is 19.8 Å². The van der Waals surface area contributed by atoms with Crippen LogP contribution in [-0.4, -0.2) is 17.4 Å². The summed E-state index contributed by atoms with van der Waals surface area (Å²) in [6.07, 6.45) is 2.23. The second-order valence-corrected chi connectivity index (χ2v) is 4.00. The number of nitrogens with two attached hydrogens (primary N) is 1. The lowest BCUT2D eigenvalue weighted by Gasteiger charge is -2.08. The average molecular weight is 192 g/mol. The Morgan fingerprint density at radius 1 is 1.71 bits per heavy atom. The van der Waals surface area contributed by atoms with Crippen molar-refractivity contribution in [3.05, 3.63) is 23.6 Å². The maximum absolute atomic E-state index is 9.27. The topological polar surface area (TPSA) is 58.6 Å². The van der Waals surface area contributed by atoms with Gasteiger partial charge in [-0.1, -0.05) is 6.58 Å². The lowest BCUT2D eigenvalue weighted by molar-refractivity contribution is 0.423. The normalized spacial score (nSPS) is 35.6. The zero-order valence-electron chi connectivity index (χ0n) is 8.45. The van der Waals surface area contributed by atoms with Gasteiger partial charge in [0.15, 0.2) is 0 Å². The van der Waals surface area contributed by atoms with Gasteiger partial charge in [-0.2, -0.15) is 0 Å². The largest absolute Gasteiger partial charge is 0.506 e. The van der Waals surface area contributed by atoms with Crippen LogP contribution < -0.4 is 5.73 Å². The molecule has 14 heavy (non-hydrogen) atoms. The van der Waals surface area contributed by atoms with E-state index in [1.807, 2.05) is 6.92 Å². The number of allylic oxidation sites excluding steroid dienone is 1. The van der Waals surface area contributed by atoms with Crippen LogP contribution in [0.1, 0.15) is 19.8 Å². The highest BCUT2D eigenvalue weighted by molar-refractivity contribution is 6.05. The maximum Gasteiger partial charge on any atom is 0.131 e. The molecule has 2 aliphatic rings. The minimum absolute atomic E-state index is 0.0173. The maximum atomic E-state index is 9.27. The minimum atomic E-state index is -0.0173. The first-order chi connectivity index (χ1) is 6.65. The third-order valence-corrected chi connectivity index (χ3v) is 3.01. The van der Waals surface area contributed by atoms with E-state index in [1.54, 1.807) is 0 Å². The first-order valence-corrected chi connectivity index (χ1v) is 5.06. The molecule has 2 fully saturated rings. The van der Waals surface area contributed by atoms with Gasteiger partial charge in [0, 0.05) is 17.8 Å². The molecule has 2 atom stereocenters. The van der Waals surface area contributed by atoms with Crippen LogP contribution in [-0.2, 0) is 0 Å². The Morgan fingerprint density at radius 3 is 3.00 bits per heavy atom. The molecule has 3 N–H and O–H groups in total. The first kappa shape index (κ1) is 9.31. The second kappa shape index (κ2) is 3.15. The highest BCUT2D eigenvalue weighted by Crippen LogP contribution is 2.54. The molecule has 2 unspecified atom stereocenters. The summed E-state index contributed by atoms with van der Waals surface area (Å²) in [5.74, 6) is 1.26. The fraction of sp³-hybridized carbons (Fsp3) is 0.545. The van der Waals surface area contributed by atoms with Crippen LogP contribution in [0.4, 0.5) is 0 Å². The molecule has 0 saturated heterocycles. The minimum Gasteiger partial charge on any atom is -0.506 e. The summed E-state index contributed by atoms with van der Waals surface area (Å²) in [7, 11) is 0. The third-order valence-electron chi connectivity index (χ3n) is 3.01. The van der Waals surface area contributed by atoms with E-state index in [-0.39, 0.29) is 5.76 Å². The second-order valence-electron chi connectivity index (χ2n) is 4.00. The van der Waals surface area contributed by atoms with Gasteiger partial charge >= 0.3 is 0 Å². The number of hydrogen-bond acceptors (Lipinski definition) is 3. The van der Waals surface area contributed by atoms with Crippen molar-refractivity contribution in [1.82, 2.24) is 0 Å². The van der Waals surface area contributed by atoms with E-state index in [0.717, 1.165) is 30.2 Å². The van der Waals surface area contributed by atoms with Gasteiger partial charge in [0.05, 0.1) is 5.70 Å². The van der Waals surface area contributed by atoms with Crippen molar-refractivity contribution in [3.63, 3.8) is 0 Å². The molecule has 2 rings (SSSR count). The Kier molecular flexibility index (Phi) is 2.10. The zero-order chi connectivity index (χ0) is 10.3. The number of aliphatic imine (C=N–C) groups is 1. The Morgan fingerprint density at radius 2 is 2.43 bits per heavy atom. The highest BCUT2D eigenvalue weighted by atomic mass is 16.3. The lowest BCUT2D eigenvalue weighted by Crippen LogP contribution is -2.11. The van der Waals surface area contributed by atoms with Crippen LogP contribution in [0.15, 0.2) is 28.6 Å². The first-order valence-electron chi connectivity index (χ1n) is 5.06. The monoisotopic (exact) mass is 192 g/mol. The Bertz CT molecular complexity index is 341. The Hall–Kier alpha value is -1.25. The lowest BCUT2D eigenvalue weighted by atomic mass is 10.1. The number of fused-ring (bicyclic) bond motifs is 1. The fourth-order valence-corrected chi connectivity index (χ4v) is 2.25. The molecule has 0 aromatic carbocycles. The summed E-state index contributed by atoms with van der Waals surface area (Å²) in [6, 6.07) is 0. The van der Waals surface area contributed by atoms with Crippen LogP contribution in [0, 0.1) is 11.8 Å². The smallest absolute Gasteiger partial charge is 0.131 e. The Balaban J connectivity index is 2.36. The number of hydrogen-bond donors (Lipinski definition) is 2. The molecule has 0 amide bonds. The van der Waals surface area contributed by atoms with Crippen molar-refractivity contribution in [1.29, 1.82) is 0 Å². The van der Waals surface area contributed by atoms with Crippen molar-refractivity contribution in [3.8, 4) is 0 Å². The summed E-state index contributed by atoms with van der Waals surface area (Å²) < 4.78 is 0. The Labute approximate surface area is 84.0 Å². The van der Waals surface area contributed by atoms with Gasteiger partial charge in [-0.15, -0.1) is 0 Å². The van der Waals surface area contributed by atoms with Crippen LogP contribution in [0.2, 0.25) is 0 Å². The molecule has 0 aromatic heterocycles. The van der Waals surface area contributed by atoms with Crippen molar-refractivity contribution in [2.24, 2.45) is 22.6 Å². The van der Waals surface area contributed by atoms with Crippen LogP contribution in [0.5, 0.6) is 0 Å². The molecule has 0 spiro atoms. The highest BCUT2D eigenvalue weighted by Gasteiger charge is 2.49. The number of aliphatic hydroxyl groups is 1. The third kappa shape index (κ3) is 1.33. The summed E-state index contributed by atoms with van der Waals surface area (Å²) in [4.78, 5) is 4.42. The molecule has 3 heteroatoms. The molecule has 0 heterocycles. The van der Waals surface area contributed by atoms with E-state index in [0.29, 0.717) is 11.6 Å². The van der Waals surface area contributed by atoms with E-state index in [9.17, 15) is 5.11 Å². The molecule has 2 saturated carbocycles. The van der Waals surface area contributed by atoms with Crippen molar-refractivity contribution < 1.29 is 5.11 Å². The molecule has 0 radical (unpaired) electrons. The molecular formula is C11H16N2O. The van der Waals surface area contributed by atoms with Crippen LogP contribution in [0.25, 0.3) is 0 Å². The zero-order valence-corrected chi connectivity index (χ0v) is 8.45. The summed E-state index contributed by atoms with van der Waals surface area (Å²) >= 11 is 0. The predicted molar refractivity (Wildman–Crippen MR) is 57.2 cm³/mol. The average Bonchev–Trinajstić information content (AvgIpc) is 2.78. The molecule has 76 valence electrons. The standard InChI is InChI=1S/C11H16N2O/c1-3-13-9-5-7-4-8(7)10(9)11(12)6(2)14/h7-8,14H,2-5,12H2,1H3/b11-10-,13-9?. The van der Waals surface area contributed by atoms with E-state index in [4.69, 9.17) is 5.73 Å². The quantitative estimate of drug-likeness (QED) is 0.655. The van der Waals surface area contributed by atoms with Gasteiger partial charge in [0.25, 0.3) is 0 Å². The van der Waals surface area contributed by atoms with Gasteiger partial charge in [0.2, 0.25) is 0 Å². The molecule has 0 bridgehead atoms. The number of nitrogens with zero attached hydrogens (tertiary/aromatic N) is 1. The number of rotatable bonds is 2. The fourth-order valence-electron chi connectivity index (χ4n) is 2.25. The van der Waals surface area contributed by atoms with Crippen LogP contribution in [0.3, 0.4) is 0 Å². The van der Waals surface area contributed by atoms with E-state index >= 15 is 0 Å². The summed E-state index contributed by atoms with van der Waals surface area (Å²) in [5.41, 5.74) is 8.40. The molecule has 0 aliphatic heterocycles. The van der Waals surface area contributed by atoms with Crippen molar-refractivity contribution >= 4 is 5.71 Å². The molecule has 2 aliphatic carbocycles. The molecular weight excluding hydrogens is 176 g/mol. The predicted octanol–water partition coefficient (Wildman–Crippen LogP) is 1.77. The van der Waals surface area contributed by atoms with Gasteiger partial charge in [-0.25, -0.2) is 0 Å².